The van der Waals surface area contributed by atoms with Crippen molar-refractivity contribution in [2.75, 3.05) is 5.88 Å². The van der Waals surface area contributed by atoms with Crippen LogP contribution in [-0.4, -0.2) is 17.8 Å². The maximum absolute atomic E-state index is 12.5. The molecule has 3 heteroatoms. The van der Waals surface area contributed by atoms with E-state index in [9.17, 15) is 4.79 Å². The van der Waals surface area contributed by atoms with E-state index >= 15 is 0 Å². The van der Waals surface area contributed by atoms with Gasteiger partial charge in [-0.25, -0.2) is 0 Å². The molecule has 0 aromatic rings. The van der Waals surface area contributed by atoms with Gasteiger partial charge in [0.1, 0.15) is 0 Å². The van der Waals surface area contributed by atoms with Crippen LogP contribution in [0, 0.1) is 22.7 Å². The molecular weight excluding hydrogens is 282 g/mol. The van der Waals surface area contributed by atoms with Gasteiger partial charge in [0, 0.05) is 17.8 Å². The van der Waals surface area contributed by atoms with Crippen LogP contribution in [0.15, 0.2) is 0 Å². The largest absolute Gasteiger partial charge is 0.353 e. The van der Waals surface area contributed by atoms with Crippen molar-refractivity contribution >= 4 is 17.5 Å². The van der Waals surface area contributed by atoms with Gasteiger partial charge in [-0.15, -0.1) is 11.6 Å². The molecule has 0 aromatic heterocycles. The lowest BCUT2D eigenvalue weighted by molar-refractivity contribution is -0.128. The molecule has 0 saturated heterocycles. The Morgan fingerprint density at radius 1 is 1.10 bits per heavy atom. The van der Waals surface area contributed by atoms with Crippen molar-refractivity contribution < 1.29 is 4.79 Å². The Morgan fingerprint density at radius 3 is 2.00 bits per heavy atom. The fourth-order valence-corrected chi connectivity index (χ4v) is 3.56. The summed E-state index contributed by atoms with van der Waals surface area (Å²) in [6, 6.07) is 0.169. The Bertz CT molecular complexity index is 332. The molecule has 1 amide bonds. The number of alkyl halides is 1. The zero-order valence-electron chi connectivity index (χ0n) is 14.8. The third kappa shape index (κ3) is 5.81. The number of carbonyl (C=O) groups is 1. The number of amides is 1. The van der Waals surface area contributed by atoms with E-state index in [4.69, 9.17) is 11.6 Å². The summed E-state index contributed by atoms with van der Waals surface area (Å²) in [5.74, 6) is 1.79. The molecule has 1 fully saturated rings. The number of hydrogen-bond acceptors (Lipinski definition) is 1. The standard InChI is InChI=1S/C18H34ClNO/c1-17(2,3)14-9-7-13(8-10-14)16(21)20-15(11-12-19)18(4,5)6/h13-15H,7-12H2,1-6H3,(H,20,21). The van der Waals surface area contributed by atoms with Crippen molar-refractivity contribution in [3.05, 3.63) is 0 Å². The number of carbonyl (C=O) groups excluding carboxylic acids is 1. The molecule has 1 N–H and O–H groups in total. The van der Waals surface area contributed by atoms with Gasteiger partial charge < -0.3 is 5.32 Å². The van der Waals surface area contributed by atoms with Gasteiger partial charge in [0.2, 0.25) is 5.91 Å². The minimum absolute atomic E-state index is 0.0627. The average molecular weight is 316 g/mol. The van der Waals surface area contributed by atoms with Gasteiger partial charge in [0.25, 0.3) is 0 Å². The van der Waals surface area contributed by atoms with Gasteiger partial charge in [-0.05, 0) is 48.9 Å². The van der Waals surface area contributed by atoms with Crippen molar-refractivity contribution in [2.24, 2.45) is 22.7 Å². The smallest absolute Gasteiger partial charge is 0.223 e. The second-order valence-corrected chi connectivity index (χ2v) is 9.20. The lowest BCUT2D eigenvalue weighted by Crippen LogP contribution is -2.47. The molecule has 1 aliphatic carbocycles. The minimum atomic E-state index is 0.0627. The first-order valence-electron chi connectivity index (χ1n) is 8.42. The fraction of sp³-hybridized carbons (Fsp3) is 0.944. The number of nitrogens with one attached hydrogen (secondary N) is 1. The predicted molar refractivity (Wildman–Crippen MR) is 91.6 cm³/mol. The molecule has 1 aliphatic rings. The van der Waals surface area contributed by atoms with Gasteiger partial charge >= 0.3 is 0 Å². The Balaban J connectivity index is 2.54. The topological polar surface area (TPSA) is 29.1 Å². The first-order chi connectivity index (χ1) is 9.55. The third-order valence-corrected chi connectivity index (χ3v) is 5.30. The lowest BCUT2D eigenvalue weighted by Gasteiger charge is -2.38. The van der Waals surface area contributed by atoms with Crippen LogP contribution in [0.1, 0.15) is 73.6 Å². The third-order valence-electron chi connectivity index (χ3n) is 5.08. The molecule has 0 aromatic carbocycles. The van der Waals surface area contributed by atoms with E-state index in [1.165, 1.54) is 12.8 Å². The fourth-order valence-electron chi connectivity index (χ4n) is 3.34. The van der Waals surface area contributed by atoms with Gasteiger partial charge in [-0.2, -0.15) is 0 Å². The Labute approximate surface area is 136 Å². The lowest BCUT2D eigenvalue weighted by atomic mass is 9.69. The average Bonchev–Trinajstić information content (AvgIpc) is 2.36. The molecule has 0 aliphatic heterocycles. The summed E-state index contributed by atoms with van der Waals surface area (Å²) < 4.78 is 0. The summed E-state index contributed by atoms with van der Waals surface area (Å²) in [5.41, 5.74) is 0.432. The van der Waals surface area contributed by atoms with Crippen LogP contribution in [0.5, 0.6) is 0 Å². The number of rotatable bonds is 4. The summed E-state index contributed by atoms with van der Waals surface area (Å²) in [6.45, 7) is 13.4. The van der Waals surface area contributed by atoms with Crippen LogP contribution in [0.4, 0.5) is 0 Å². The van der Waals surface area contributed by atoms with Crippen molar-refractivity contribution in [1.82, 2.24) is 5.32 Å². The van der Waals surface area contributed by atoms with Crippen LogP contribution in [0.2, 0.25) is 0 Å². The second-order valence-electron chi connectivity index (χ2n) is 8.82. The molecular formula is C18H34ClNO. The molecule has 124 valence electrons. The van der Waals surface area contributed by atoms with E-state index < -0.39 is 0 Å². The SMILES string of the molecule is CC(C)(C)C1CCC(C(=O)NC(CCCl)C(C)(C)C)CC1. The van der Waals surface area contributed by atoms with Crippen LogP contribution >= 0.6 is 11.6 Å². The van der Waals surface area contributed by atoms with Crippen molar-refractivity contribution in [3.63, 3.8) is 0 Å². The highest BCUT2D eigenvalue weighted by Gasteiger charge is 2.34. The number of hydrogen-bond donors (Lipinski definition) is 1. The van der Waals surface area contributed by atoms with E-state index in [1.54, 1.807) is 0 Å². The molecule has 0 spiro atoms. The minimum Gasteiger partial charge on any atom is -0.353 e. The summed E-state index contributed by atoms with van der Waals surface area (Å²) >= 11 is 5.89. The predicted octanol–water partition coefficient (Wildman–Crippen LogP) is 5.00. The van der Waals surface area contributed by atoms with E-state index in [0.29, 0.717) is 11.3 Å². The molecule has 1 saturated carbocycles. The Kier molecular flexibility index (Phi) is 6.58. The van der Waals surface area contributed by atoms with Crippen LogP contribution in [-0.2, 0) is 4.79 Å². The first-order valence-corrected chi connectivity index (χ1v) is 8.95. The zero-order chi connectivity index (χ0) is 16.3. The van der Waals surface area contributed by atoms with Gasteiger partial charge in [-0.1, -0.05) is 41.5 Å². The quantitative estimate of drug-likeness (QED) is 0.727. The van der Waals surface area contributed by atoms with E-state index in [1.807, 2.05) is 0 Å². The Hall–Kier alpha value is -0.240. The summed E-state index contributed by atoms with van der Waals surface area (Å²) in [5, 5.41) is 3.26. The van der Waals surface area contributed by atoms with Crippen LogP contribution < -0.4 is 5.32 Å². The van der Waals surface area contributed by atoms with Crippen molar-refractivity contribution in [2.45, 2.75) is 79.7 Å². The molecule has 0 radical (unpaired) electrons. The zero-order valence-corrected chi connectivity index (χ0v) is 15.5. The molecule has 1 unspecified atom stereocenters. The second kappa shape index (κ2) is 7.35. The van der Waals surface area contributed by atoms with Crippen LogP contribution in [0.3, 0.4) is 0 Å². The maximum Gasteiger partial charge on any atom is 0.223 e. The monoisotopic (exact) mass is 315 g/mol. The van der Waals surface area contributed by atoms with Gasteiger partial charge in [0.15, 0.2) is 0 Å². The van der Waals surface area contributed by atoms with E-state index in [0.717, 1.165) is 25.2 Å². The molecule has 1 rings (SSSR count). The van der Waals surface area contributed by atoms with E-state index in [2.05, 4.69) is 46.9 Å². The highest BCUT2D eigenvalue weighted by atomic mass is 35.5. The van der Waals surface area contributed by atoms with Crippen LogP contribution in [0.25, 0.3) is 0 Å². The molecule has 1 atom stereocenters. The van der Waals surface area contributed by atoms with E-state index in [-0.39, 0.29) is 23.3 Å². The first kappa shape index (κ1) is 18.8. The maximum atomic E-state index is 12.5. The summed E-state index contributed by atoms with van der Waals surface area (Å²) in [7, 11) is 0. The highest BCUT2D eigenvalue weighted by molar-refractivity contribution is 6.17. The number of halogens is 1. The molecule has 21 heavy (non-hydrogen) atoms. The molecule has 0 heterocycles. The summed E-state index contributed by atoms with van der Waals surface area (Å²) in [4.78, 5) is 12.5. The van der Waals surface area contributed by atoms with Gasteiger partial charge in [0.05, 0.1) is 0 Å². The molecule has 2 nitrogen and oxygen atoms in total. The van der Waals surface area contributed by atoms with Crippen molar-refractivity contribution in [1.29, 1.82) is 0 Å². The van der Waals surface area contributed by atoms with Crippen molar-refractivity contribution in [3.8, 4) is 0 Å². The normalized spacial score (nSPS) is 25.5. The Morgan fingerprint density at radius 2 is 1.62 bits per heavy atom. The summed E-state index contributed by atoms with van der Waals surface area (Å²) in [6.07, 6.45) is 5.26. The molecule has 0 bridgehead atoms. The van der Waals surface area contributed by atoms with Gasteiger partial charge in [-0.3, -0.25) is 4.79 Å². The highest BCUT2D eigenvalue weighted by Crippen LogP contribution is 2.40.